The highest BCUT2D eigenvalue weighted by Crippen LogP contribution is 2.20. The Bertz CT molecular complexity index is 672. The lowest BCUT2D eigenvalue weighted by atomic mass is 10.3. The summed E-state index contributed by atoms with van der Waals surface area (Å²) >= 11 is 1.47. The van der Waals surface area contributed by atoms with Gasteiger partial charge in [0.05, 0.1) is 13.1 Å². The molecule has 0 aliphatic rings. The zero-order valence-corrected chi connectivity index (χ0v) is 15.1. The lowest BCUT2D eigenvalue weighted by molar-refractivity contribution is 0.449. The lowest BCUT2D eigenvalue weighted by Crippen LogP contribution is -2.39. The van der Waals surface area contributed by atoms with Gasteiger partial charge in [-0.1, -0.05) is 12.1 Å². The molecule has 0 spiro atoms. The normalized spacial score (nSPS) is 11.6. The van der Waals surface area contributed by atoms with Crippen LogP contribution in [0, 0.1) is 5.82 Å². The van der Waals surface area contributed by atoms with Crippen LogP contribution in [0.15, 0.2) is 40.5 Å². The molecule has 130 valence electrons. The summed E-state index contributed by atoms with van der Waals surface area (Å²) in [5.41, 5.74) is 0. The van der Waals surface area contributed by atoms with E-state index in [4.69, 9.17) is 0 Å². The fourth-order valence-electron chi connectivity index (χ4n) is 2.09. The van der Waals surface area contributed by atoms with Gasteiger partial charge < -0.3 is 10.2 Å². The van der Waals surface area contributed by atoms with E-state index < -0.39 is 0 Å². The van der Waals surface area contributed by atoms with Gasteiger partial charge in [0.15, 0.2) is 5.96 Å². The smallest absolute Gasteiger partial charge is 0.194 e. The number of nitrogens with one attached hydrogen (secondary N) is 1. The van der Waals surface area contributed by atoms with Crippen molar-refractivity contribution in [3.8, 4) is 0 Å². The van der Waals surface area contributed by atoms with Gasteiger partial charge in [0.1, 0.15) is 18.0 Å². The Balaban J connectivity index is 1.90. The molecule has 0 radical (unpaired) electrons. The summed E-state index contributed by atoms with van der Waals surface area (Å²) in [4.78, 5) is 11.5. The van der Waals surface area contributed by atoms with Crippen LogP contribution in [0.2, 0.25) is 0 Å². The number of guanidine groups is 1. The second-order valence-corrected chi connectivity index (χ2v) is 6.31. The summed E-state index contributed by atoms with van der Waals surface area (Å²) in [6.07, 6.45) is 1.54. The summed E-state index contributed by atoms with van der Waals surface area (Å²) < 4.78 is 15.3. The molecular formula is C16H23FN6S. The van der Waals surface area contributed by atoms with E-state index in [1.807, 2.05) is 32.0 Å². The van der Waals surface area contributed by atoms with Gasteiger partial charge in [-0.15, -0.1) is 11.8 Å². The Hall–Kier alpha value is -2.09. The fourth-order valence-corrected chi connectivity index (χ4v) is 2.87. The van der Waals surface area contributed by atoms with Crippen LogP contribution in [-0.2, 0) is 13.6 Å². The molecule has 0 fully saturated rings. The van der Waals surface area contributed by atoms with E-state index in [0.717, 1.165) is 18.3 Å². The highest BCUT2D eigenvalue weighted by atomic mass is 32.2. The number of hydrogen-bond donors (Lipinski definition) is 1. The predicted molar refractivity (Wildman–Crippen MR) is 95.6 cm³/mol. The molecule has 24 heavy (non-hydrogen) atoms. The summed E-state index contributed by atoms with van der Waals surface area (Å²) in [5.74, 6) is 2.20. The summed E-state index contributed by atoms with van der Waals surface area (Å²) in [6, 6.07) is 6.80. The van der Waals surface area contributed by atoms with Gasteiger partial charge in [-0.2, -0.15) is 5.10 Å². The van der Waals surface area contributed by atoms with Gasteiger partial charge in [-0.25, -0.2) is 9.37 Å². The maximum absolute atomic E-state index is 13.6. The number of benzene rings is 1. The van der Waals surface area contributed by atoms with Crippen molar-refractivity contribution in [3.05, 3.63) is 42.2 Å². The number of hydrogen-bond acceptors (Lipinski definition) is 4. The van der Waals surface area contributed by atoms with E-state index >= 15 is 0 Å². The zero-order chi connectivity index (χ0) is 17.4. The summed E-state index contributed by atoms with van der Waals surface area (Å²) in [7, 11) is 3.82. The van der Waals surface area contributed by atoms with Crippen LogP contribution in [0.3, 0.4) is 0 Å². The molecule has 8 heteroatoms. The van der Waals surface area contributed by atoms with Gasteiger partial charge in [0.25, 0.3) is 0 Å². The molecule has 0 bridgehead atoms. The van der Waals surface area contributed by atoms with Crippen molar-refractivity contribution in [2.45, 2.75) is 18.4 Å². The standard InChI is InChI=1S/C16H23FN6S/c1-4-18-16(22(2)11-15-20-12-21-23(15)3)19-9-10-24-14-8-6-5-7-13(14)17/h5-8,12H,4,9-11H2,1-3H3,(H,18,19). The third-order valence-electron chi connectivity index (χ3n) is 3.33. The van der Waals surface area contributed by atoms with Crippen LogP contribution in [-0.4, -0.2) is 51.5 Å². The first kappa shape index (κ1) is 18.3. The molecule has 0 unspecified atom stereocenters. The molecule has 0 atom stereocenters. The topological polar surface area (TPSA) is 58.3 Å². The first-order chi connectivity index (χ1) is 11.6. The molecule has 2 rings (SSSR count). The van der Waals surface area contributed by atoms with Crippen molar-refractivity contribution >= 4 is 17.7 Å². The van der Waals surface area contributed by atoms with Crippen LogP contribution in [0.25, 0.3) is 0 Å². The fraction of sp³-hybridized carbons (Fsp3) is 0.438. The van der Waals surface area contributed by atoms with E-state index in [2.05, 4.69) is 20.4 Å². The number of thioether (sulfide) groups is 1. The number of rotatable bonds is 7. The highest BCUT2D eigenvalue weighted by molar-refractivity contribution is 7.99. The van der Waals surface area contributed by atoms with E-state index in [1.165, 1.54) is 24.2 Å². The maximum atomic E-state index is 13.6. The Morgan fingerprint density at radius 3 is 2.88 bits per heavy atom. The van der Waals surface area contributed by atoms with Crippen LogP contribution in [0.1, 0.15) is 12.7 Å². The minimum Gasteiger partial charge on any atom is -0.357 e. The molecule has 1 N–H and O–H groups in total. The number of aromatic nitrogens is 3. The summed E-state index contributed by atoms with van der Waals surface area (Å²) in [6.45, 7) is 4.02. The van der Waals surface area contributed by atoms with Crippen LogP contribution in [0.5, 0.6) is 0 Å². The van der Waals surface area contributed by atoms with Crippen molar-refractivity contribution < 1.29 is 4.39 Å². The van der Waals surface area contributed by atoms with Crippen molar-refractivity contribution in [1.82, 2.24) is 25.0 Å². The Kier molecular flexibility index (Phi) is 7.05. The summed E-state index contributed by atoms with van der Waals surface area (Å²) in [5, 5.41) is 7.33. The highest BCUT2D eigenvalue weighted by Gasteiger charge is 2.09. The van der Waals surface area contributed by atoms with Crippen LogP contribution < -0.4 is 5.32 Å². The van der Waals surface area contributed by atoms with Crippen LogP contribution >= 0.6 is 11.8 Å². The first-order valence-electron chi connectivity index (χ1n) is 7.81. The molecular weight excluding hydrogens is 327 g/mol. The quantitative estimate of drug-likeness (QED) is 0.359. The van der Waals surface area contributed by atoms with Gasteiger partial charge in [0, 0.05) is 31.3 Å². The Labute approximate surface area is 146 Å². The number of halogens is 1. The molecule has 0 aliphatic carbocycles. The van der Waals surface area contributed by atoms with Gasteiger partial charge in [0.2, 0.25) is 0 Å². The Morgan fingerprint density at radius 1 is 1.42 bits per heavy atom. The average Bonchev–Trinajstić information content (AvgIpc) is 2.97. The van der Waals surface area contributed by atoms with Gasteiger partial charge in [-0.3, -0.25) is 9.67 Å². The largest absolute Gasteiger partial charge is 0.357 e. The monoisotopic (exact) mass is 350 g/mol. The number of aliphatic imine (C=N–C) groups is 1. The van der Waals surface area contributed by atoms with E-state index in [9.17, 15) is 4.39 Å². The number of nitrogens with zero attached hydrogens (tertiary/aromatic N) is 5. The van der Waals surface area contributed by atoms with Crippen molar-refractivity contribution in [2.24, 2.45) is 12.0 Å². The lowest BCUT2D eigenvalue weighted by Gasteiger charge is -2.21. The third-order valence-corrected chi connectivity index (χ3v) is 4.36. The van der Waals surface area contributed by atoms with Crippen molar-refractivity contribution in [2.75, 3.05) is 25.9 Å². The van der Waals surface area contributed by atoms with E-state index in [-0.39, 0.29) is 5.82 Å². The maximum Gasteiger partial charge on any atom is 0.194 e. The minimum absolute atomic E-state index is 0.183. The Morgan fingerprint density at radius 2 is 2.21 bits per heavy atom. The van der Waals surface area contributed by atoms with Gasteiger partial charge >= 0.3 is 0 Å². The molecule has 1 aromatic carbocycles. The molecule has 2 aromatic rings. The van der Waals surface area contributed by atoms with Crippen molar-refractivity contribution in [3.63, 3.8) is 0 Å². The molecule has 0 saturated carbocycles. The zero-order valence-electron chi connectivity index (χ0n) is 14.2. The first-order valence-corrected chi connectivity index (χ1v) is 8.80. The molecule has 1 heterocycles. The minimum atomic E-state index is -0.183. The SMILES string of the molecule is CCNC(=NCCSc1ccccc1F)N(C)Cc1ncnn1C. The molecule has 0 amide bonds. The predicted octanol–water partition coefficient (Wildman–Crippen LogP) is 2.14. The average molecular weight is 350 g/mol. The molecule has 6 nitrogen and oxygen atoms in total. The third kappa shape index (κ3) is 5.23. The van der Waals surface area contributed by atoms with Gasteiger partial charge in [-0.05, 0) is 19.1 Å². The van der Waals surface area contributed by atoms with Crippen molar-refractivity contribution in [1.29, 1.82) is 0 Å². The van der Waals surface area contributed by atoms with E-state index in [1.54, 1.807) is 16.8 Å². The molecule has 0 aliphatic heterocycles. The number of aryl methyl sites for hydroxylation is 1. The molecule has 0 saturated heterocycles. The van der Waals surface area contributed by atoms with Crippen LogP contribution in [0.4, 0.5) is 4.39 Å². The second-order valence-electron chi connectivity index (χ2n) is 5.17. The molecule has 1 aromatic heterocycles. The van der Waals surface area contributed by atoms with E-state index in [0.29, 0.717) is 23.7 Å². The second kappa shape index (κ2) is 9.27.